The van der Waals surface area contributed by atoms with Gasteiger partial charge in [0.2, 0.25) is 17.6 Å². The molecule has 0 spiro atoms. The molecule has 0 saturated carbocycles. The minimum atomic E-state index is -0.284. The van der Waals surface area contributed by atoms with Crippen LogP contribution in [0.4, 0.5) is 5.69 Å². The molecule has 9 heteroatoms. The van der Waals surface area contributed by atoms with Gasteiger partial charge < -0.3 is 24.3 Å². The molecule has 0 aliphatic heterocycles. The normalized spacial score (nSPS) is 10.9. The second-order valence-corrected chi connectivity index (χ2v) is 7.58. The molecule has 2 N–H and O–H groups in total. The molecule has 0 fully saturated rings. The number of nitrogens with zero attached hydrogens (tertiary/aromatic N) is 2. The summed E-state index contributed by atoms with van der Waals surface area (Å²) in [5.41, 5.74) is 2.43. The fourth-order valence-corrected chi connectivity index (χ4v) is 3.46. The maximum Gasteiger partial charge on any atom is 0.259 e. The Balaban J connectivity index is 1.37. The molecule has 9 nitrogen and oxygen atoms in total. The summed E-state index contributed by atoms with van der Waals surface area (Å²) in [5, 5.41) is 7.65. The zero-order valence-corrected chi connectivity index (χ0v) is 18.6. The van der Waals surface area contributed by atoms with Crippen molar-refractivity contribution in [1.29, 1.82) is 0 Å². The van der Waals surface area contributed by atoms with Crippen molar-refractivity contribution < 1.29 is 18.8 Å². The number of hydrogen-bond acceptors (Lipinski definition) is 7. The Morgan fingerprint density at radius 2 is 1.97 bits per heavy atom. The molecule has 0 atom stereocenters. The molecule has 2 heterocycles. The fraction of sp³-hybridized carbons (Fsp3) is 0.250. The standard InChI is InChI=1S/C24H24N4O5/c1-14-7-8-15-12-17(24(30)26-19(15)11-14)23-27-22(33-28-23)6-4-5-21(29)25-18-10-9-16(31-2)13-20(18)32-3/h7-13H,4-6H2,1-3H3,(H,25,29)(H,26,30). The van der Waals surface area contributed by atoms with Gasteiger partial charge in [-0.1, -0.05) is 17.3 Å². The van der Waals surface area contributed by atoms with Crippen LogP contribution in [0.15, 0.2) is 51.8 Å². The molecule has 4 rings (SSSR count). The Bertz CT molecular complexity index is 1360. The molecule has 0 aliphatic rings. The zero-order valence-electron chi connectivity index (χ0n) is 18.6. The van der Waals surface area contributed by atoms with Crippen LogP contribution in [0, 0.1) is 6.92 Å². The number of hydrogen-bond donors (Lipinski definition) is 2. The molecule has 2 aromatic carbocycles. The Kier molecular flexibility index (Phi) is 6.39. The zero-order chi connectivity index (χ0) is 23.4. The molecule has 2 aromatic heterocycles. The molecule has 0 aliphatic carbocycles. The highest BCUT2D eigenvalue weighted by Crippen LogP contribution is 2.29. The first-order valence-electron chi connectivity index (χ1n) is 10.5. The first-order valence-corrected chi connectivity index (χ1v) is 10.5. The van der Waals surface area contributed by atoms with E-state index in [1.807, 2.05) is 25.1 Å². The lowest BCUT2D eigenvalue weighted by molar-refractivity contribution is -0.116. The first-order chi connectivity index (χ1) is 16.0. The van der Waals surface area contributed by atoms with Crippen LogP contribution in [0.2, 0.25) is 0 Å². The summed E-state index contributed by atoms with van der Waals surface area (Å²) in [6, 6.07) is 12.7. The highest BCUT2D eigenvalue weighted by molar-refractivity contribution is 5.92. The number of benzene rings is 2. The van der Waals surface area contributed by atoms with Crippen LogP contribution in [0.5, 0.6) is 11.5 Å². The number of fused-ring (bicyclic) bond motifs is 1. The molecule has 1 amide bonds. The highest BCUT2D eigenvalue weighted by atomic mass is 16.5. The van der Waals surface area contributed by atoms with Crippen LogP contribution >= 0.6 is 0 Å². The number of methoxy groups -OCH3 is 2. The van der Waals surface area contributed by atoms with Crippen LogP contribution in [-0.2, 0) is 11.2 Å². The quantitative estimate of drug-likeness (QED) is 0.420. The molecular formula is C24H24N4O5. The lowest BCUT2D eigenvalue weighted by atomic mass is 10.1. The number of aromatic nitrogens is 3. The van der Waals surface area contributed by atoms with Gasteiger partial charge in [-0.2, -0.15) is 4.98 Å². The maximum absolute atomic E-state index is 12.5. The SMILES string of the molecule is COc1ccc(NC(=O)CCCc2nc(-c3cc4ccc(C)cc4[nH]c3=O)no2)c(OC)c1. The molecule has 4 aromatic rings. The van der Waals surface area contributed by atoms with E-state index in [-0.39, 0.29) is 23.7 Å². The average molecular weight is 448 g/mol. The van der Waals surface area contributed by atoms with Gasteiger partial charge >= 0.3 is 0 Å². The average Bonchev–Trinajstić information content (AvgIpc) is 3.27. The van der Waals surface area contributed by atoms with Crippen molar-refractivity contribution in [3.8, 4) is 22.9 Å². The van der Waals surface area contributed by atoms with Crippen molar-refractivity contribution in [2.24, 2.45) is 0 Å². The molecule has 33 heavy (non-hydrogen) atoms. The van der Waals surface area contributed by atoms with Crippen molar-refractivity contribution in [3.63, 3.8) is 0 Å². The maximum atomic E-state index is 12.5. The smallest absolute Gasteiger partial charge is 0.259 e. The van der Waals surface area contributed by atoms with E-state index in [2.05, 4.69) is 20.4 Å². The Morgan fingerprint density at radius 3 is 2.76 bits per heavy atom. The number of ether oxygens (including phenoxy) is 2. The lowest BCUT2D eigenvalue weighted by Crippen LogP contribution is -2.12. The minimum Gasteiger partial charge on any atom is -0.497 e. The van der Waals surface area contributed by atoms with Gasteiger partial charge in [0, 0.05) is 24.4 Å². The van der Waals surface area contributed by atoms with Crippen molar-refractivity contribution in [3.05, 3.63) is 64.3 Å². The van der Waals surface area contributed by atoms with Crippen molar-refractivity contribution >= 4 is 22.5 Å². The number of pyridine rings is 1. The number of aryl methyl sites for hydroxylation is 2. The Labute approximate surface area is 189 Å². The van der Waals surface area contributed by atoms with Crippen LogP contribution in [0.25, 0.3) is 22.3 Å². The van der Waals surface area contributed by atoms with Crippen molar-refractivity contribution in [2.75, 3.05) is 19.5 Å². The molecular weight excluding hydrogens is 424 g/mol. The van der Waals surface area contributed by atoms with Gasteiger partial charge in [-0.25, -0.2) is 0 Å². The van der Waals surface area contributed by atoms with Crippen molar-refractivity contribution in [2.45, 2.75) is 26.2 Å². The molecule has 0 bridgehead atoms. The van der Waals surface area contributed by atoms with Crippen LogP contribution in [0.3, 0.4) is 0 Å². The van der Waals surface area contributed by atoms with Gasteiger partial charge in [-0.05, 0) is 48.6 Å². The molecule has 0 saturated heterocycles. The molecule has 170 valence electrons. The topological polar surface area (TPSA) is 119 Å². The van der Waals surface area contributed by atoms with Gasteiger partial charge in [0.05, 0.1) is 25.5 Å². The first kappa shape index (κ1) is 22.1. The van der Waals surface area contributed by atoms with Gasteiger partial charge in [0.15, 0.2) is 0 Å². The largest absolute Gasteiger partial charge is 0.497 e. The number of nitrogens with one attached hydrogen (secondary N) is 2. The predicted octanol–water partition coefficient (Wildman–Crippen LogP) is 3.87. The summed E-state index contributed by atoms with van der Waals surface area (Å²) in [6.07, 6.45) is 1.16. The number of carbonyl (C=O) groups is 1. The third-order valence-electron chi connectivity index (χ3n) is 5.19. The minimum absolute atomic E-state index is 0.167. The van der Waals surface area contributed by atoms with Crippen LogP contribution in [-0.4, -0.2) is 35.3 Å². The summed E-state index contributed by atoms with van der Waals surface area (Å²) < 4.78 is 15.7. The van der Waals surface area contributed by atoms with E-state index in [9.17, 15) is 9.59 Å². The van der Waals surface area contributed by atoms with Crippen molar-refractivity contribution in [1.82, 2.24) is 15.1 Å². The van der Waals surface area contributed by atoms with E-state index in [4.69, 9.17) is 14.0 Å². The van der Waals surface area contributed by atoms with Crippen LogP contribution < -0.4 is 20.3 Å². The van der Waals surface area contributed by atoms with E-state index in [1.165, 1.54) is 7.11 Å². The third kappa shape index (κ3) is 5.03. The van der Waals surface area contributed by atoms with E-state index in [0.29, 0.717) is 41.5 Å². The van der Waals surface area contributed by atoms with Crippen LogP contribution in [0.1, 0.15) is 24.3 Å². The van der Waals surface area contributed by atoms with Gasteiger partial charge in [-0.15, -0.1) is 0 Å². The lowest BCUT2D eigenvalue weighted by Gasteiger charge is -2.11. The van der Waals surface area contributed by atoms with E-state index in [1.54, 1.807) is 31.4 Å². The number of anilines is 1. The van der Waals surface area contributed by atoms with E-state index < -0.39 is 0 Å². The number of carbonyl (C=O) groups excluding carboxylic acids is 1. The van der Waals surface area contributed by atoms with Gasteiger partial charge in [0.1, 0.15) is 11.5 Å². The number of amides is 1. The number of aromatic amines is 1. The van der Waals surface area contributed by atoms with E-state index >= 15 is 0 Å². The third-order valence-corrected chi connectivity index (χ3v) is 5.19. The fourth-order valence-electron chi connectivity index (χ4n) is 3.46. The summed E-state index contributed by atoms with van der Waals surface area (Å²) in [5.74, 6) is 1.57. The Hall–Kier alpha value is -4.14. The second-order valence-electron chi connectivity index (χ2n) is 7.58. The highest BCUT2D eigenvalue weighted by Gasteiger charge is 2.14. The van der Waals surface area contributed by atoms with E-state index in [0.717, 1.165) is 16.5 Å². The summed E-state index contributed by atoms with van der Waals surface area (Å²) in [4.78, 5) is 32.0. The summed E-state index contributed by atoms with van der Waals surface area (Å²) in [7, 11) is 3.09. The number of rotatable bonds is 8. The summed E-state index contributed by atoms with van der Waals surface area (Å²) >= 11 is 0. The summed E-state index contributed by atoms with van der Waals surface area (Å²) in [6.45, 7) is 1.96. The number of H-pyrrole nitrogens is 1. The monoisotopic (exact) mass is 448 g/mol. The van der Waals surface area contributed by atoms with Gasteiger partial charge in [0.25, 0.3) is 5.56 Å². The molecule has 0 radical (unpaired) electrons. The molecule has 0 unspecified atom stereocenters. The predicted molar refractivity (Wildman–Crippen MR) is 124 cm³/mol. The van der Waals surface area contributed by atoms with Gasteiger partial charge in [-0.3, -0.25) is 9.59 Å². The second kappa shape index (κ2) is 9.56. The Morgan fingerprint density at radius 1 is 1.12 bits per heavy atom.